The normalized spacial score (nSPS) is 15.3. The fourth-order valence-corrected chi connectivity index (χ4v) is 4.32. The van der Waals surface area contributed by atoms with Gasteiger partial charge in [-0.15, -0.1) is 0 Å². The first-order valence-corrected chi connectivity index (χ1v) is 9.92. The average Bonchev–Trinajstić information content (AvgIpc) is 2.99. The van der Waals surface area contributed by atoms with Crippen molar-refractivity contribution >= 4 is 46.0 Å². The summed E-state index contributed by atoms with van der Waals surface area (Å²) < 4.78 is 16.6. The van der Waals surface area contributed by atoms with Gasteiger partial charge in [0.15, 0.2) is 15.8 Å². The molecule has 1 aliphatic heterocycles. The molecular formula is C21H21NO4S2. The van der Waals surface area contributed by atoms with E-state index in [0.717, 1.165) is 23.2 Å². The summed E-state index contributed by atoms with van der Waals surface area (Å²) in [6.45, 7) is 2.06. The van der Waals surface area contributed by atoms with Gasteiger partial charge in [0.1, 0.15) is 0 Å². The van der Waals surface area contributed by atoms with Gasteiger partial charge in [-0.2, -0.15) is 0 Å². The number of methoxy groups -OCH3 is 3. The molecule has 0 aliphatic carbocycles. The number of nitrogens with zero attached hydrogens (tertiary/aromatic N) is 1. The number of ether oxygens (including phenoxy) is 3. The van der Waals surface area contributed by atoms with Gasteiger partial charge in [0, 0.05) is 0 Å². The maximum Gasteiger partial charge on any atom is 0.270 e. The zero-order chi connectivity index (χ0) is 20.3. The zero-order valence-electron chi connectivity index (χ0n) is 16.1. The molecule has 0 aromatic heterocycles. The summed E-state index contributed by atoms with van der Waals surface area (Å²) in [7, 11) is 4.67. The van der Waals surface area contributed by atoms with Crippen molar-refractivity contribution < 1.29 is 19.0 Å². The number of para-hydroxylation sites is 1. The molecule has 1 fully saturated rings. The fourth-order valence-electron chi connectivity index (χ4n) is 3.04. The second kappa shape index (κ2) is 8.67. The lowest BCUT2D eigenvalue weighted by atomic mass is 10.1. The van der Waals surface area contributed by atoms with Gasteiger partial charge in [-0.3, -0.25) is 9.69 Å². The molecule has 2 aromatic carbocycles. The molecule has 1 saturated heterocycles. The molecule has 2 aromatic rings. The van der Waals surface area contributed by atoms with E-state index in [0.29, 0.717) is 26.5 Å². The predicted molar refractivity (Wildman–Crippen MR) is 118 cm³/mol. The van der Waals surface area contributed by atoms with Crippen molar-refractivity contribution in [1.29, 1.82) is 0 Å². The molecule has 0 N–H and O–H groups in total. The first-order valence-electron chi connectivity index (χ1n) is 8.69. The summed E-state index contributed by atoms with van der Waals surface area (Å²) in [6, 6.07) is 11.4. The van der Waals surface area contributed by atoms with E-state index in [-0.39, 0.29) is 5.91 Å². The van der Waals surface area contributed by atoms with E-state index in [1.807, 2.05) is 24.3 Å². The van der Waals surface area contributed by atoms with E-state index in [4.69, 9.17) is 26.4 Å². The number of aryl methyl sites for hydroxylation is 1. The van der Waals surface area contributed by atoms with Crippen LogP contribution in [0.15, 0.2) is 41.3 Å². The number of thioether (sulfide) groups is 1. The smallest absolute Gasteiger partial charge is 0.270 e. The van der Waals surface area contributed by atoms with Crippen molar-refractivity contribution in [1.82, 2.24) is 0 Å². The third kappa shape index (κ3) is 3.72. The molecule has 7 heteroatoms. The van der Waals surface area contributed by atoms with Crippen molar-refractivity contribution in [3.63, 3.8) is 0 Å². The van der Waals surface area contributed by atoms with Crippen molar-refractivity contribution in [3.8, 4) is 17.2 Å². The Bertz CT molecular complexity index is 930. The third-order valence-corrected chi connectivity index (χ3v) is 5.69. The Hall–Kier alpha value is -2.51. The molecular weight excluding hydrogens is 394 g/mol. The number of amides is 1. The van der Waals surface area contributed by atoms with E-state index in [1.54, 1.807) is 44.4 Å². The monoisotopic (exact) mass is 415 g/mol. The number of hydrogen-bond acceptors (Lipinski definition) is 6. The Morgan fingerprint density at radius 3 is 2.29 bits per heavy atom. The van der Waals surface area contributed by atoms with E-state index in [1.165, 1.54) is 11.8 Å². The maximum atomic E-state index is 13.1. The standard InChI is InChI=1S/C21H21NO4S2/c1-5-14-8-6-7-9-15(14)22-20(23)18(28-21(22)27)12-13-10-16(24-2)19(26-4)17(11-13)25-3/h6-12H,5H2,1-4H3. The molecule has 0 bridgehead atoms. The second-order valence-corrected chi connectivity index (χ2v) is 7.63. The highest BCUT2D eigenvalue weighted by Gasteiger charge is 2.34. The van der Waals surface area contributed by atoms with Crippen molar-refractivity contribution in [3.05, 3.63) is 52.4 Å². The van der Waals surface area contributed by atoms with Gasteiger partial charge in [-0.05, 0) is 41.8 Å². The molecule has 0 spiro atoms. The van der Waals surface area contributed by atoms with Crippen LogP contribution in [0.4, 0.5) is 5.69 Å². The van der Waals surface area contributed by atoms with Crippen LogP contribution in [0, 0.1) is 0 Å². The molecule has 146 valence electrons. The minimum atomic E-state index is -0.135. The van der Waals surface area contributed by atoms with E-state index in [2.05, 4.69) is 6.92 Å². The second-order valence-electron chi connectivity index (χ2n) is 5.96. The Kier molecular flexibility index (Phi) is 6.26. The van der Waals surface area contributed by atoms with Crippen LogP contribution in [0.5, 0.6) is 17.2 Å². The summed E-state index contributed by atoms with van der Waals surface area (Å²) in [5.41, 5.74) is 2.67. The Morgan fingerprint density at radius 1 is 1.07 bits per heavy atom. The topological polar surface area (TPSA) is 48.0 Å². The molecule has 3 rings (SSSR count). The SMILES string of the molecule is CCc1ccccc1N1C(=O)C(=Cc2cc(OC)c(OC)c(OC)c2)SC1=S. The van der Waals surface area contributed by atoms with Crippen molar-refractivity contribution in [2.24, 2.45) is 0 Å². The maximum absolute atomic E-state index is 13.1. The summed E-state index contributed by atoms with van der Waals surface area (Å²) >= 11 is 6.78. The lowest BCUT2D eigenvalue weighted by Crippen LogP contribution is -2.28. The molecule has 0 unspecified atom stereocenters. The van der Waals surface area contributed by atoms with Crippen LogP contribution in [0.3, 0.4) is 0 Å². The highest BCUT2D eigenvalue weighted by Crippen LogP contribution is 2.41. The number of anilines is 1. The molecule has 0 radical (unpaired) electrons. The van der Waals surface area contributed by atoms with Crippen LogP contribution >= 0.6 is 24.0 Å². The average molecular weight is 416 g/mol. The van der Waals surface area contributed by atoms with Gasteiger partial charge in [0.05, 0.1) is 31.9 Å². The van der Waals surface area contributed by atoms with Crippen LogP contribution in [-0.4, -0.2) is 31.6 Å². The van der Waals surface area contributed by atoms with Gasteiger partial charge < -0.3 is 14.2 Å². The fraction of sp³-hybridized carbons (Fsp3) is 0.238. The van der Waals surface area contributed by atoms with Crippen molar-refractivity contribution in [2.75, 3.05) is 26.2 Å². The first kappa shape index (κ1) is 20.2. The third-order valence-electron chi connectivity index (χ3n) is 4.39. The van der Waals surface area contributed by atoms with Crippen molar-refractivity contribution in [2.45, 2.75) is 13.3 Å². The lowest BCUT2D eigenvalue weighted by molar-refractivity contribution is -0.113. The summed E-state index contributed by atoms with van der Waals surface area (Å²) in [6.07, 6.45) is 2.61. The number of benzene rings is 2. The first-order chi connectivity index (χ1) is 13.5. The number of hydrogen-bond donors (Lipinski definition) is 0. The molecule has 1 heterocycles. The van der Waals surface area contributed by atoms with Gasteiger partial charge in [0.25, 0.3) is 5.91 Å². The van der Waals surface area contributed by atoms with Crippen LogP contribution < -0.4 is 19.1 Å². The van der Waals surface area contributed by atoms with E-state index >= 15 is 0 Å². The summed E-state index contributed by atoms with van der Waals surface area (Å²) in [4.78, 5) is 15.2. The molecule has 28 heavy (non-hydrogen) atoms. The van der Waals surface area contributed by atoms with E-state index < -0.39 is 0 Å². The van der Waals surface area contributed by atoms with Crippen LogP contribution in [0.2, 0.25) is 0 Å². The van der Waals surface area contributed by atoms with Gasteiger partial charge in [-0.1, -0.05) is 49.1 Å². The van der Waals surface area contributed by atoms with Crippen LogP contribution in [0.25, 0.3) is 6.08 Å². The summed E-state index contributed by atoms with van der Waals surface area (Å²) in [5.74, 6) is 1.43. The molecule has 5 nitrogen and oxygen atoms in total. The molecule has 0 atom stereocenters. The number of thiocarbonyl (C=S) groups is 1. The molecule has 1 amide bonds. The van der Waals surface area contributed by atoms with Crippen LogP contribution in [-0.2, 0) is 11.2 Å². The minimum Gasteiger partial charge on any atom is -0.493 e. The zero-order valence-corrected chi connectivity index (χ0v) is 17.8. The Balaban J connectivity index is 2.00. The number of rotatable bonds is 6. The quantitative estimate of drug-likeness (QED) is 0.504. The highest BCUT2D eigenvalue weighted by molar-refractivity contribution is 8.27. The molecule has 0 saturated carbocycles. The van der Waals surface area contributed by atoms with Gasteiger partial charge >= 0.3 is 0 Å². The van der Waals surface area contributed by atoms with Gasteiger partial charge in [0.2, 0.25) is 5.75 Å². The Labute approximate surface area is 174 Å². The predicted octanol–water partition coefficient (Wildman–Crippen LogP) is 4.68. The van der Waals surface area contributed by atoms with E-state index in [9.17, 15) is 4.79 Å². The largest absolute Gasteiger partial charge is 0.493 e. The number of carbonyl (C=O) groups is 1. The molecule has 1 aliphatic rings. The highest BCUT2D eigenvalue weighted by atomic mass is 32.2. The van der Waals surface area contributed by atoms with Crippen LogP contribution in [0.1, 0.15) is 18.1 Å². The summed E-state index contributed by atoms with van der Waals surface area (Å²) in [5, 5.41) is 0. The minimum absolute atomic E-state index is 0.135. The lowest BCUT2D eigenvalue weighted by Gasteiger charge is -2.18. The Morgan fingerprint density at radius 2 is 1.71 bits per heavy atom. The van der Waals surface area contributed by atoms with Gasteiger partial charge in [-0.25, -0.2) is 0 Å². The number of carbonyl (C=O) groups excluding carboxylic acids is 1.